The molecule has 2 amide bonds. The summed E-state index contributed by atoms with van der Waals surface area (Å²) in [5.74, 6) is 0. The molecule has 0 bridgehead atoms. The van der Waals surface area contributed by atoms with Crippen LogP contribution in [0.25, 0.3) is 0 Å². The van der Waals surface area contributed by atoms with Crippen LogP contribution in [0.3, 0.4) is 0 Å². The smallest absolute Gasteiger partial charge is 0.322 e. The third kappa shape index (κ3) is 2.82. The normalized spacial score (nSPS) is 20.7. The van der Waals surface area contributed by atoms with Crippen molar-refractivity contribution in [1.82, 2.24) is 4.90 Å². The monoisotopic (exact) mass is 299 g/mol. The number of rotatable bonds is 3. The van der Waals surface area contributed by atoms with Crippen molar-refractivity contribution in [3.63, 3.8) is 0 Å². The van der Waals surface area contributed by atoms with Gasteiger partial charge in [-0.25, -0.2) is 4.79 Å². The second kappa shape index (κ2) is 6.42. The summed E-state index contributed by atoms with van der Waals surface area (Å²) in [5, 5.41) is 3.10. The summed E-state index contributed by atoms with van der Waals surface area (Å²) in [6.45, 7) is 7.15. The van der Waals surface area contributed by atoms with Gasteiger partial charge in [-0.2, -0.15) is 0 Å². The topological polar surface area (TPSA) is 35.6 Å². The third-order valence-corrected chi connectivity index (χ3v) is 4.73. The Morgan fingerprint density at radius 2 is 2.09 bits per heavy atom. The molecule has 1 fully saturated rings. The van der Waals surface area contributed by atoms with E-state index >= 15 is 0 Å². The van der Waals surface area contributed by atoms with Gasteiger partial charge in [0.05, 0.1) is 6.04 Å². The van der Waals surface area contributed by atoms with E-state index in [1.54, 1.807) is 0 Å². The minimum atomic E-state index is -0.00137. The summed E-state index contributed by atoms with van der Waals surface area (Å²) in [4.78, 5) is 16.8. The molecule has 0 aromatic heterocycles. The second-order valence-electron chi connectivity index (χ2n) is 6.13. The quantitative estimate of drug-likeness (QED) is 0.862. The van der Waals surface area contributed by atoms with Crippen molar-refractivity contribution in [3.05, 3.63) is 35.9 Å². The van der Waals surface area contributed by atoms with Crippen molar-refractivity contribution < 1.29 is 4.79 Å². The molecule has 3 rings (SSSR count). The fourth-order valence-corrected chi connectivity index (χ4v) is 3.41. The van der Waals surface area contributed by atoms with Crippen molar-refractivity contribution in [2.45, 2.75) is 39.2 Å². The van der Waals surface area contributed by atoms with E-state index in [0.717, 1.165) is 30.8 Å². The number of nitrogens with zero attached hydrogens (tertiary/aromatic N) is 2. The zero-order chi connectivity index (χ0) is 15.5. The van der Waals surface area contributed by atoms with E-state index in [1.807, 2.05) is 17.0 Å². The highest BCUT2D eigenvalue weighted by atomic mass is 16.2. The minimum Gasteiger partial charge on any atom is -0.371 e. The summed E-state index contributed by atoms with van der Waals surface area (Å²) in [6.07, 6.45) is 7.66. The first-order valence-electron chi connectivity index (χ1n) is 8.29. The van der Waals surface area contributed by atoms with Gasteiger partial charge >= 0.3 is 6.03 Å². The molecule has 0 saturated carbocycles. The van der Waals surface area contributed by atoms with Gasteiger partial charge in [-0.15, -0.1) is 0 Å². The van der Waals surface area contributed by atoms with E-state index in [0.29, 0.717) is 6.54 Å². The first-order valence-corrected chi connectivity index (χ1v) is 8.29. The summed E-state index contributed by atoms with van der Waals surface area (Å²) >= 11 is 0. The fraction of sp³-hybridized carbons (Fsp3) is 0.500. The minimum absolute atomic E-state index is 0.00137. The number of urea groups is 1. The Morgan fingerprint density at radius 1 is 1.32 bits per heavy atom. The predicted molar refractivity (Wildman–Crippen MR) is 91.6 cm³/mol. The lowest BCUT2D eigenvalue weighted by Gasteiger charge is -2.26. The number of nitrogens with one attached hydrogen (secondary N) is 1. The Bertz CT molecular complexity index is 576. The largest absolute Gasteiger partial charge is 0.371 e. The van der Waals surface area contributed by atoms with E-state index in [-0.39, 0.29) is 12.1 Å². The number of benzene rings is 1. The van der Waals surface area contributed by atoms with Crippen LogP contribution in [0.5, 0.6) is 0 Å². The Morgan fingerprint density at radius 3 is 2.82 bits per heavy atom. The van der Waals surface area contributed by atoms with Gasteiger partial charge < -0.3 is 15.1 Å². The number of carbonyl (C=O) groups excluding carboxylic acids is 1. The molecular formula is C18H25N3O. The zero-order valence-corrected chi connectivity index (χ0v) is 13.5. The van der Waals surface area contributed by atoms with Crippen molar-refractivity contribution in [2.24, 2.45) is 0 Å². The average Bonchev–Trinajstić information content (AvgIpc) is 3.20. The van der Waals surface area contributed by atoms with Crippen LogP contribution in [0.1, 0.15) is 31.7 Å². The van der Waals surface area contributed by atoms with E-state index in [1.165, 1.54) is 18.5 Å². The number of amides is 2. The summed E-state index contributed by atoms with van der Waals surface area (Å²) < 4.78 is 0. The van der Waals surface area contributed by atoms with Gasteiger partial charge in [0.25, 0.3) is 0 Å². The Hall–Kier alpha value is -1.97. The van der Waals surface area contributed by atoms with Crippen LogP contribution < -0.4 is 10.2 Å². The standard InChI is InChI=1S/C18H25N3O/c1-3-15-8-7-13-21(15)18(22)19-16-9-6-10-17(14(16)2)20-11-4-5-12-20/h6-10,15H,3-5,11-13H2,1-2H3,(H,19,22)/t15-/m1/s1. The number of hydrogen-bond acceptors (Lipinski definition) is 2. The Labute approximate surface area is 132 Å². The molecule has 2 aliphatic heterocycles. The third-order valence-electron chi connectivity index (χ3n) is 4.73. The van der Waals surface area contributed by atoms with Crippen molar-refractivity contribution in [2.75, 3.05) is 29.9 Å². The average molecular weight is 299 g/mol. The maximum absolute atomic E-state index is 12.5. The van der Waals surface area contributed by atoms with Crippen LogP contribution in [0.2, 0.25) is 0 Å². The highest BCUT2D eigenvalue weighted by Crippen LogP contribution is 2.29. The molecule has 1 aromatic carbocycles. The fourth-order valence-electron chi connectivity index (χ4n) is 3.41. The van der Waals surface area contributed by atoms with Crippen LogP contribution in [-0.4, -0.2) is 36.6 Å². The summed E-state index contributed by atoms with van der Waals surface area (Å²) in [5.41, 5.74) is 3.34. The van der Waals surface area contributed by atoms with Gasteiger partial charge in [0.2, 0.25) is 0 Å². The molecular weight excluding hydrogens is 274 g/mol. The lowest BCUT2D eigenvalue weighted by Crippen LogP contribution is -2.39. The van der Waals surface area contributed by atoms with Gasteiger partial charge in [0, 0.05) is 31.0 Å². The SMILES string of the molecule is CC[C@@H]1C=CCN1C(=O)Nc1cccc(N2CCCC2)c1C. The molecule has 1 aromatic rings. The Kier molecular flexibility index (Phi) is 4.36. The predicted octanol–water partition coefficient (Wildman–Crippen LogP) is 3.78. The van der Waals surface area contributed by atoms with Gasteiger partial charge in [0.1, 0.15) is 0 Å². The van der Waals surface area contributed by atoms with Crippen molar-refractivity contribution >= 4 is 17.4 Å². The molecule has 4 nitrogen and oxygen atoms in total. The zero-order valence-electron chi connectivity index (χ0n) is 13.5. The van der Waals surface area contributed by atoms with Crippen molar-refractivity contribution in [1.29, 1.82) is 0 Å². The van der Waals surface area contributed by atoms with Crippen LogP contribution >= 0.6 is 0 Å². The van der Waals surface area contributed by atoms with E-state index in [2.05, 4.69) is 42.3 Å². The van der Waals surface area contributed by atoms with Gasteiger partial charge in [-0.1, -0.05) is 25.1 Å². The van der Waals surface area contributed by atoms with E-state index in [9.17, 15) is 4.79 Å². The van der Waals surface area contributed by atoms with Gasteiger partial charge in [0.15, 0.2) is 0 Å². The first-order chi connectivity index (χ1) is 10.7. The summed E-state index contributed by atoms with van der Waals surface area (Å²) in [7, 11) is 0. The maximum Gasteiger partial charge on any atom is 0.322 e. The Balaban J connectivity index is 1.75. The molecule has 1 saturated heterocycles. The molecule has 0 radical (unpaired) electrons. The molecule has 1 atom stereocenters. The molecule has 22 heavy (non-hydrogen) atoms. The maximum atomic E-state index is 12.5. The van der Waals surface area contributed by atoms with Crippen molar-refractivity contribution in [3.8, 4) is 0 Å². The first kappa shape index (κ1) is 14.9. The highest BCUT2D eigenvalue weighted by Gasteiger charge is 2.24. The number of hydrogen-bond donors (Lipinski definition) is 1. The van der Waals surface area contributed by atoms with Crippen LogP contribution in [-0.2, 0) is 0 Å². The molecule has 2 heterocycles. The molecule has 4 heteroatoms. The molecule has 0 spiro atoms. The molecule has 1 N–H and O–H groups in total. The van der Waals surface area contributed by atoms with Crippen LogP contribution in [0, 0.1) is 6.92 Å². The molecule has 118 valence electrons. The van der Waals surface area contributed by atoms with Crippen LogP contribution in [0.4, 0.5) is 16.2 Å². The molecule has 0 unspecified atom stereocenters. The lowest BCUT2D eigenvalue weighted by molar-refractivity contribution is 0.209. The molecule has 0 aliphatic carbocycles. The van der Waals surface area contributed by atoms with Crippen LogP contribution in [0.15, 0.2) is 30.4 Å². The van der Waals surface area contributed by atoms with E-state index < -0.39 is 0 Å². The summed E-state index contributed by atoms with van der Waals surface area (Å²) in [6, 6.07) is 6.41. The van der Waals surface area contributed by atoms with E-state index in [4.69, 9.17) is 0 Å². The second-order valence-corrected chi connectivity index (χ2v) is 6.13. The van der Waals surface area contributed by atoms with Gasteiger partial charge in [-0.3, -0.25) is 0 Å². The highest BCUT2D eigenvalue weighted by molar-refractivity contribution is 5.92. The van der Waals surface area contributed by atoms with Gasteiger partial charge in [-0.05, 0) is 43.9 Å². The lowest BCUT2D eigenvalue weighted by atomic mass is 10.1. The number of carbonyl (C=O) groups is 1. The molecule has 2 aliphatic rings. The number of anilines is 2.